The van der Waals surface area contributed by atoms with E-state index in [1.54, 1.807) is 17.0 Å². The number of nitrogens with zero attached hydrogens (tertiary/aromatic N) is 1. The van der Waals surface area contributed by atoms with E-state index in [1.165, 1.54) is 12.1 Å². The number of amides is 2. The van der Waals surface area contributed by atoms with Gasteiger partial charge in [0.2, 0.25) is 5.91 Å². The molecule has 202 valence electrons. The number of carbonyl (C=O) groups is 2. The van der Waals surface area contributed by atoms with Crippen LogP contribution in [0.1, 0.15) is 57.7 Å². The van der Waals surface area contributed by atoms with E-state index in [2.05, 4.69) is 26.1 Å². The van der Waals surface area contributed by atoms with Crippen molar-refractivity contribution in [3.8, 4) is 5.75 Å². The van der Waals surface area contributed by atoms with Crippen LogP contribution in [0.3, 0.4) is 0 Å². The minimum Gasteiger partial charge on any atom is -0.483 e. The van der Waals surface area contributed by atoms with Crippen LogP contribution in [0.4, 0.5) is 4.39 Å². The molecular weight excluding hydrogens is 479 g/mol. The standard InChI is InChI=1S/C32H39FN2O3/c1-6-23(2)34-31(37)28(20-24-12-8-7-9-13-24)35(21-25-16-18-26(33)19-17-25)30(36)22-38-29-15-11-10-14-27(29)32(3,4)5/h7-19,23,28H,6,20-22H2,1-5H3,(H,34,37)/t23-,28-/m1/s1. The first-order valence-electron chi connectivity index (χ1n) is 13.2. The van der Waals surface area contributed by atoms with E-state index in [-0.39, 0.29) is 42.2 Å². The lowest BCUT2D eigenvalue weighted by atomic mass is 9.86. The summed E-state index contributed by atoms with van der Waals surface area (Å²) in [6.45, 7) is 10.1. The third-order valence-corrected chi connectivity index (χ3v) is 6.58. The van der Waals surface area contributed by atoms with Crippen molar-refractivity contribution in [1.29, 1.82) is 0 Å². The number of benzene rings is 3. The van der Waals surface area contributed by atoms with Gasteiger partial charge in [-0.05, 0) is 53.6 Å². The molecule has 1 N–H and O–H groups in total. The zero-order valence-corrected chi connectivity index (χ0v) is 23.0. The maximum absolute atomic E-state index is 13.8. The second kappa shape index (κ2) is 13.2. The highest BCUT2D eigenvalue weighted by atomic mass is 19.1. The number of rotatable bonds is 11. The van der Waals surface area contributed by atoms with Crippen LogP contribution < -0.4 is 10.1 Å². The number of hydrogen-bond acceptors (Lipinski definition) is 3. The number of nitrogens with one attached hydrogen (secondary N) is 1. The minimum atomic E-state index is -0.773. The summed E-state index contributed by atoms with van der Waals surface area (Å²) in [5.74, 6) is -0.269. The number of hydrogen-bond donors (Lipinski definition) is 1. The molecule has 0 saturated carbocycles. The summed E-state index contributed by atoms with van der Waals surface area (Å²) >= 11 is 0. The van der Waals surface area contributed by atoms with Crippen LogP contribution in [0.2, 0.25) is 0 Å². The maximum Gasteiger partial charge on any atom is 0.261 e. The summed E-state index contributed by atoms with van der Waals surface area (Å²) in [7, 11) is 0. The van der Waals surface area contributed by atoms with Crippen LogP contribution >= 0.6 is 0 Å². The molecule has 5 nitrogen and oxygen atoms in total. The first-order valence-corrected chi connectivity index (χ1v) is 13.2. The third-order valence-electron chi connectivity index (χ3n) is 6.58. The van der Waals surface area contributed by atoms with Gasteiger partial charge in [0.15, 0.2) is 6.61 Å². The molecule has 0 bridgehead atoms. The van der Waals surface area contributed by atoms with E-state index >= 15 is 0 Å². The summed E-state index contributed by atoms with van der Waals surface area (Å²) in [6.07, 6.45) is 1.11. The van der Waals surface area contributed by atoms with E-state index in [0.717, 1.165) is 23.1 Å². The van der Waals surface area contributed by atoms with Crippen molar-refractivity contribution in [3.05, 3.63) is 101 Å². The van der Waals surface area contributed by atoms with Crippen LogP contribution in [0.15, 0.2) is 78.9 Å². The van der Waals surface area contributed by atoms with Crippen molar-refractivity contribution >= 4 is 11.8 Å². The quantitative estimate of drug-likeness (QED) is 0.336. The molecule has 0 aliphatic carbocycles. The fraction of sp³-hybridized carbons (Fsp3) is 0.375. The van der Waals surface area contributed by atoms with Crippen molar-refractivity contribution < 1.29 is 18.7 Å². The lowest BCUT2D eigenvalue weighted by molar-refractivity contribution is -0.143. The average molecular weight is 519 g/mol. The Bertz CT molecular complexity index is 1190. The highest BCUT2D eigenvalue weighted by Crippen LogP contribution is 2.31. The molecule has 6 heteroatoms. The molecule has 0 aromatic heterocycles. The zero-order valence-electron chi connectivity index (χ0n) is 23.0. The fourth-order valence-corrected chi connectivity index (χ4v) is 4.22. The summed E-state index contributed by atoms with van der Waals surface area (Å²) in [5, 5.41) is 3.05. The smallest absolute Gasteiger partial charge is 0.261 e. The molecule has 0 fully saturated rings. The Hall–Kier alpha value is -3.67. The van der Waals surface area contributed by atoms with Gasteiger partial charge >= 0.3 is 0 Å². The summed E-state index contributed by atoms with van der Waals surface area (Å²) in [5.41, 5.74) is 2.49. The van der Waals surface area contributed by atoms with E-state index in [4.69, 9.17) is 4.74 Å². The molecule has 0 heterocycles. The van der Waals surface area contributed by atoms with Gasteiger partial charge in [-0.3, -0.25) is 9.59 Å². The fourth-order valence-electron chi connectivity index (χ4n) is 4.22. The number of ether oxygens (including phenoxy) is 1. The van der Waals surface area contributed by atoms with E-state index in [0.29, 0.717) is 12.2 Å². The maximum atomic E-state index is 13.8. The van der Waals surface area contributed by atoms with Gasteiger partial charge in [0.1, 0.15) is 17.6 Å². The Morgan fingerprint density at radius 1 is 0.921 bits per heavy atom. The van der Waals surface area contributed by atoms with Gasteiger partial charge in [-0.1, -0.05) is 88.4 Å². The van der Waals surface area contributed by atoms with E-state index in [1.807, 2.05) is 68.4 Å². The second-order valence-corrected chi connectivity index (χ2v) is 10.7. The molecule has 0 aliphatic heterocycles. The Morgan fingerprint density at radius 3 is 2.18 bits per heavy atom. The van der Waals surface area contributed by atoms with Gasteiger partial charge in [0, 0.05) is 19.0 Å². The van der Waals surface area contributed by atoms with Gasteiger partial charge in [-0.2, -0.15) is 0 Å². The Kier molecular flexibility index (Phi) is 10.1. The molecule has 0 aliphatic rings. The largest absolute Gasteiger partial charge is 0.483 e. The van der Waals surface area contributed by atoms with Crippen molar-refractivity contribution in [2.75, 3.05) is 6.61 Å². The molecule has 3 aromatic rings. The molecule has 2 atom stereocenters. The Morgan fingerprint density at radius 2 is 1.55 bits per heavy atom. The lowest BCUT2D eigenvalue weighted by Crippen LogP contribution is -2.53. The predicted octanol–water partition coefficient (Wildman–Crippen LogP) is 6.06. The number of halogens is 1. The first-order chi connectivity index (χ1) is 18.1. The molecular formula is C32H39FN2O3. The molecule has 0 unspecified atom stereocenters. The predicted molar refractivity (Wildman–Crippen MR) is 149 cm³/mol. The van der Waals surface area contributed by atoms with Gasteiger partial charge in [-0.25, -0.2) is 4.39 Å². The Labute approximate surface area is 226 Å². The van der Waals surface area contributed by atoms with Gasteiger partial charge in [0.05, 0.1) is 0 Å². The van der Waals surface area contributed by atoms with E-state index < -0.39 is 6.04 Å². The van der Waals surface area contributed by atoms with Gasteiger partial charge in [-0.15, -0.1) is 0 Å². The van der Waals surface area contributed by atoms with Gasteiger partial charge < -0.3 is 15.0 Å². The lowest BCUT2D eigenvalue weighted by Gasteiger charge is -2.32. The van der Waals surface area contributed by atoms with Crippen molar-refractivity contribution in [2.24, 2.45) is 0 Å². The molecule has 0 saturated heterocycles. The zero-order chi connectivity index (χ0) is 27.7. The summed E-state index contributed by atoms with van der Waals surface area (Å²) in [6, 6.07) is 22.5. The average Bonchev–Trinajstić information content (AvgIpc) is 2.90. The van der Waals surface area contributed by atoms with Crippen LogP contribution in [0, 0.1) is 5.82 Å². The second-order valence-electron chi connectivity index (χ2n) is 10.7. The molecule has 2 amide bonds. The highest BCUT2D eigenvalue weighted by molar-refractivity contribution is 5.88. The number of carbonyl (C=O) groups excluding carboxylic acids is 2. The first kappa shape index (κ1) is 28.9. The van der Waals surface area contributed by atoms with E-state index in [9.17, 15) is 14.0 Å². The molecule has 0 radical (unpaired) electrons. The monoisotopic (exact) mass is 518 g/mol. The van der Waals surface area contributed by atoms with Crippen molar-refractivity contribution in [2.45, 2.75) is 71.5 Å². The third kappa shape index (κ3) is 8.17. The van der Waals surface area contributed by atoms with Crippen molar-refractivity contribution in [1.82, 2.24) is 10.2 Å². The highest BCUT2D eigenvalue weighted by Gasteiger charge is 2.31. The summed E-state index contributed by atoms with van der Waals surface area (Å²) < 4.78 is 19.7. The van der Waals surface area contributed by atoms with Crippen LogP contribution in [0.25, 0.3) is 0 Å². The normalized spacial score (nSPS) is 12.9. The molecule has 3 rings (SSSR count). The van der Waals surface area contributed by atoms with Gasteiger partial charge in [0.25, 0.3) is 5.91 Å². The SMILES string of the molecule is CC[C@@H](C)NC(=O)[C@@H](Cc1ccccc1)N(Cc1ccc(F)cc1)C(=O)COc1ccccc1C(C)(C)C. The van der Waals surface area contributed by atoms with Crippen LogP contribution in [-0.2, 0) is 28.0 Å². The van der Waals surface area contributed by atoms with Crippen LogP contribution in [0.5, 0.6) is 5.75 Å². The molecule has 3 aromatic carbocycles. The summed E-state index contributed by atoms with van der Waals surface area (Å²) in [4.78, 5) is 28.9. The minimum absolute atomic E-state index is 0.0431. The van der Waals surface area contributed by atoms with Crippen LogP contribution in [-0.4, -0.2) is 35.4 Å². The van der Waals surface area contributed by atoms with Crippen molar-refractivity contribution in [3.63, 3.8) is 0 Å². The molecule has 0 spiro atoms. The topological polar surface area (TPSA) is 58.6 Å². The number of para-hydroxylation sites is 1. The molecule has 38 heavy (non-hydrogen) atoms. The Balaban J connectivity index is 1.94.